The van der Waals surface area contributed by atoms with Crippen LogP contribution in [-0.2, 0) is 10.1 Å². The van der Waals surface area contributed by atoms with Crippen molar-refractivity contribution in [3.8, 4) is 0 Å². The fourth-order valence-electron chi connectivity index (χ4n) is 1.47. The van der Waals surface area contributed by atoms with Gasteiger partial charge >= 0.3 is 0 Å². The molecule has 0 fully saturated rings. The second-order valence-corrected chi connectivity index (χ2v) is 5.20. The van der Waals surface area contributed by atoms with Gasteiger partial charge in [-0.15, -0.1) is 0 Å². The van der Waals surface area contributed by atoms with Crippen LogP contribution in [0.3, 0.4) is 0 Å². The van der Waals surface area contributed by atoms with Crippen LogP contribution in [0, 0.1) is 0 Å². The summed E-state index contributed by atoms with van der Waals surface area (Å²) in [7, 11) is -4.23. The van der Waals surface area contributed by atoms with E-state index in [2.05, 4.69) is 0 Å². The summed E-state index contributed by atoms with van der Waals surface area (Å²) in [6, 6.07) is 8.55. The first-order valence-electron chi connectivity index (χ1n) is 4.82. The van der Waals surface area contributed by atoms with Gasteiger partial charge in [-0.25, -0.2) is 0 Å². The molecular formula is C10H15NO4S. The van der Waals surface area contributed by atoms with Gasteiger partial charge in [-0.2, -0.15) is 8.42 Å². The van der Waals surface area contributed by atoms with E-state index in [9.17, 15) is 13.5 Å². The van der Waals surface area contributed by atoms with E-state index in [1.54, 1.807) is 30.3 Å². The molecule has 0 aliphatic carbocycles. The molecule has 6 heteroatoms. The van der Waals surface area contributed by atoms with Crippen LogP contribution in [0.25, 0.3) is 0 Å². The van der Waals surface area contributed by atoms with Crippen LogP contribution in [0.5, 0.6) is 0 Å². The largest absolute Gasteiger partial charge is 0.374 e. The van der Waals surface area contributed by atoms with Gasteiger partial charge in [0, 0.05) is 5.69 Å². The topological polar surface area (TPSA) is 77.8 Å². The second-order valence-electron chi connectivity index (χ2n) is 3.49. The Kier molecular flexibility index (Phi) is 3.90. The van der Waals surface area contributed by atoms with E-state index in [1.165, 1.54) is 18.7 Å². The average Bonchev–Trinajstić information content (AvgIpc) is 2.17. The van der Waals surface area contributed by atoms with Crippen molar-refractivity contribution in [1.82, 2.24) is 0 Å². The third-order valence-electron chi connectivity index (χ3n) is 2.28. The second kappa shape index (κ2) is 4.82. The Hall–Kier alpha value is -1.11. The Morgan fingerprint density at radius 2 is 1.69 bits per heavy atom. The van der Waals surface area contributed by atoms with Crippen LogP contribution in [-0.4, -0.2) is 29.7 Å². The summed E-state index contributed by atoms with van der Waals surface area (Å²) in [4.78, 5) is 1.22. The van der Waals surface area contributed by atoms with E-state index >= 15 is 0 Å². The molecule has 2 N–H and O–H groups in total. The number of rotatable bonds is 4. The molecule has 16 heavy (non-hydrogen) atoms. The Balaban J connectivity index is 3.12. The monoisotopic (exact) mass is 245 g/mol. The molecular weight excluding hydrogens is 230 g/mol. The predicted octanol–water partition coefficient (Wildman–Crippen LogP) is 1.07. The molecule has 0 bridgehead atoms. The highest BCUT2D eigenvalue weighted by molar-refractivity contribution is 7.86. The molecule has 0 radical (unpaired) electrons. The van der Waals surface area contributed by atoms with Gasteiger partial charge in [0.2, 0.25) is 0 Å². The van der Waals surface area contributed by atoms with Crippen LogP contribution in [0.2, 0.25) is 0 Å². The van der Waals surface area contributed by atoms with Crippen LogP contribution >= 0.6 is 0 Å². The third-order valence-corrected chi connectivity index (χ3v) is 3.37. The number of hydrogen-bond acceptors (Lipinski definition) is 4. The summed E-state index contributed by atoms with van der Waals surface area (Å²) in [6.45, 7) is 2.75. The molecule has 2 atom stereocenters. The van der Waals surface area contributed by atoms with E-state index in [4.69, 9.17) is 4.55 Å². The molecule has 1 rings (SSSR count). The summed E-state index contributed by atoms with van der Waals surface area (Å²) < 4.78 is 31.1. The number of anilines is 1. The Labute approximate surface area is 95.1 Å². The van der Waals surface area contributed by atoms with E-state index in [0.29, 0.717) is 5.69 Å². The van der Waals surface area contributed by atoms with Crippen LogP contribution in [0.15, 0.2) is 30.3 Å². The summed E-state index contributed by atoms with van der Waals surface area (Å²) >= 11 is 0. The fourth-order valence-corrected chi connectivity index (χ4v) is 2.06. The van der Waals surface area contributed by atoms with Crippen molar-refractivity contribution >= 4 is 15.8 Å². The van der Waals surface area contributed by atoms with Crippen LogP contribution in [0.1, 0.15) is 13.8 Å². The molecule has 1 aromatic rings. The van der Waals surface area contributed by atoms with Crippen molar-refractivity contribution in [3.05, 3.63) is 30.3 Å². The highest BCUT2D eigenvalue weighted by Crippen LogP contribution is 2.20. The Morgan fingerprint density at radius 3 is 2.06 bits per heavy atom. The molecule has 0 saturated heterocycles. The Morgan fingerprint density at radius 1 is 1.19 bits per heavy atom. The highest BCUT2D eigenvalue weighted by Gasteiger charge is 2.28. The minimum atomic E-state index is -4.23. The molecule has 2 unspecified atom stereocenters. The van der Waals surface area contributed by atoms with Crippen molar-refractivity contribution < 1.29 is 18.1 Å². The third kappa shape index (κ3) is 2.94. The molecule has 90 valence electrons. The van der Waals surface area contributed by atoms with Gasteiger partial charge in [0.1, 0.15) is 6.23 Å². The molecule has 0 aliphatic heterocycles. The van der Waals surface area contributed by atoms with Gasteiger partial charge < -0.3 is 10.0 Å². The quantitative estimate of drug-likeness (QED) is 0.612. The molecule has 0 saturated carbocycles. The predicted molar refractivity (Wildman–Crippen MR) is 61.6 cm³/mol. The van der Waals surface area contributed by atoms with Crippen molar-refractivity contribution in [2.45, 2.75) is 25.4 Å². The van der Waals surface area contributed by atoms with E-state index in [-0.39, 0.29) is 0 Å². The summed E-state index contributed by atoms with van der Waals surface area (Å²) in [5.41, 5.74) is 0.530. The van der Waals surface area contributed by atoms with Gasteiger partial charge in [0.15, 0.2) is 5.37 Å². The first-order chi connectivity index (χ1) is 7.34. The summed E-state index contributed by atoms with van der Waals surface area (Å²) in [5.74, 6) is 0. The van der Waals surface area contributed by atoms with Gasteiger partial charge in [-0.05, 0) is 26.0 Å². The molecule has 0 amide bonds. The normalized spacial score (nSPS) is 15.5. The van der Waals surface area contributed by atoms with Gasteiger partial charge in [0.25, 0.3) is 10.1 Å². The van der Waals surface area contributed by atoms with Crippen molar-refractivity contribution in [2.75, 3.05) is 4.90 Å². The first-order valence-corrected chi connectivity index (χ1v) is 6.32. The standard InChI is InChI=1S/C10H15NO4S/c1-8(12)11(9(2)16(13,14)15)10-6-4-3-5-7-10/h3-9,12H,1-2H3,(H,13,14,15). The maximum atomic E-state index is 11.1. The lowest BCUT2D eigenvalue weighted by Crippen LogP contribution is -2.44. The maximum absolute atomic E-state index is 11.1. The minimum absolute atomic E-state index is 0.530. The summed E-state index contributed by atoms with van der Waals surface area (Å²) in [6.07, 6.45) is -1.01. The first kappa shape index (κ1) is 13.0. The average molecular weight is 245 g/mol. The zero-order valence-corrected chi connectivity index (χ0v) is 9.92. The van der Waals surface area contributed by atoms with E-state index in [0.717, 1.165) is 0 Å². The zero-order chi connectivity index (χ0) is 12.3. The zero-order valence-electron chi connectivity index (χ0n) is 9.11. The highest BCUT2D eigenvalue weighted by atomic mass is 32.2. The molecule has 0 aliphatic rings. The molecule has 0 spiro atoms. The lowest BCUT2D eigenvalue weighted by atomic mass is 10.3. The number of hydrogen-bond donors (Lipinski definition) is 2. The smallest absolute Gasteiger partial charge is 0.286 e. The van der Waals surface area contributed by atoms with Crippen molar-refractivity contribution in [3.63, 3.8) is 0 Å². The van der Waals surface area contributed by atoms with Gasteiger partial charge in [0.05, 0.1) is 0 Å². The van der Waals surface area contributed by atoms with Gasteiger partial charge in [-0.1, -0.05) is 18.2 Å². The van der Waals surface area contributed by atoms with Crippen LogP contribution in [0.4, 0.5) is 5.69 Å². The lowest BCUT2D eigenvalue weighted by Gasteiger charge is -2.31. The number of nitrogens with zero attached hydrogens (tertiary/aromatic N) is 1. The van der Waals surface area contributed by atoms with Crippen molar-refractivity contribution in [2.24, 2.45) is 0 Å². The summed E-state index contributed by atoms with van der Waals surface area (Å²) in [5, 5.41) is 8.35. The molecule has 0 aromatic heterocycles. The van der Waals surface area contributed by atoms with Crippen LogP contribution < -0.4 is 4.90 Å². The SMILES string of the molecule is CC(O)N(c1ccccc1)C(C)S(=O)(=O)O. The number of benzene rings is 1. The van der Waals surface area contributed by atoms with E-state index in [1.807, 2.05) is 0 Å². The fraction of sp³-hybridized carbons (Fsp3) is 0.400. The number of aliphatic hydroxyl groups is 1. The Bertz CT molecular complexity index is 429. The molecule has 5 nitrogen and oxygen atoms in total. The lowest BCUT2D eigenvalue weighted by molar-refractivity contribution is 0.184. The molecule has 1 aromatic carbocycles. The van der Waals surface area contributed by atoms with Gasteiger partial charge in [-0.3, -0.25) is 4.55 Å². The number of para-hydroxylation sites is 1. The minimum Gasteiger partial charge on any atom is -0.374 e. The van der Waals surface area contributed by atoms with Crippen molar-refractivity contribution in [1.29, 1.82) is 0 Å². The maximum Gasteiger partial charge on any atom is 0.286 e. The number of aliphatic hydroxyl groups excluding tert-OH is 1. The molecule has 0 heterocycles. The van der Waals surface area contributed by atoms with E-state index < -0.39 is 21.7 Å².